The van der Waals surface area contributed by atoms with E-state index in [1.54, 1.807) is 30.3 Å². The summed E-state index contributed by atoms with van der Waals surface area (Å²) in [6.07, 6.45) is 0.223. The number of aliphatic hydroxyl groups is 1. The Morgan fingerprint density at radius 2 is 1.97 bits per heavy atom. The summed E-state index contributed by atoms with van der Waals surface area (Å²) in [5.41, 5.74) is 1.24. The van der Waals surface area contributed by atoms with Gasteiger partial charge in [-0.15, -0.1) is 0 Å². The maximum atomic E-state index is 12.9. The first-order valence-corrected chi connectivity index (χ1v) is 12.8. The molecule has 2 heterocycles. The van der Waals surface area contributed by atoms with Gasteiger partial charge >= 0.3 is 0 Å². The number of carbonyl (C=O) groups excluding carboxylic acids is 1. The molecule has 3 N–H and O–H groups in total. The Kier molecular flexibility index (Phi) is 7.30. The van der Waals surface area contributed by atoms with E-state index < -0.39 is 22.2 Å². The van der Waals surface area contributed by atoms with Crippen LogP contribution in [0.4, 0.5) is 5.69 Å². The summed E-state index contributed by atoms with van der Waals surface area (Å²) in [7, 11) is -2.28. The number of sulfonamides is 1. The van der Waals surface area contributed by atoms with E-state index in [1.165, 1.54) is 19.2 Å². The van der Waals surface area contributed by atoms with Crippen LogP contribution in [0, 0.1) is 0 Å². The van der Waals surface area contributed by atoms with Crippen LogP contribution in [0.15, 0.2) is 47.4 Å². The smallest absolute Gasteiger partial charge is 0.261 e. The molecule has 1 fully saturated rings. The standard InChI is InChI=1S/C24H30N2O7S/c1-3-10-25-23(28)13-17-12-20-19-11-15(4-9-21(19)33-24(20)22(14-27)32-17)26-34(29,30)18-7-5-16(31-2)6-8-18/h4-9,11,17,20,22,24,26-27H,3,10,12-14H2,1-2H3,(H,25,28)/t17-,20+,22-,24-/m0/s1. The lowest BCUT2D eigenvalue weighted by atomic mass is 9.84. The van der Waals surface area contributed by atoms with Crippen molar-refractivity contribution in [1.82, 2.24) is 5.32 Å². The van der Waals surface area contributed by atoms with E-state index in [0.717, 1.165) is 12.0 Å². The van der Waals surface area contributed by atoms with Gasteiger partial charge in [0.2, 0.25) is 5.91 Å². The van der Waals surface area contributed by atoms with Crippen molar-refractivity contribution in [3.8, 4) is 11.5 Å². The highest BCUT2D eigenvalue weighted by Gasteiger charge is 2.46. The molecule has 0 aliphatic carbocycles. The summed E-state index contributed by atoms with van der Waals surface area (Å²) in [6, 6.07) is 11.2. The lowest BCUT2D eigenvalue weighted by Gasteiger charge is -2.37. The molecule has 2 aromatic rings. The van der Waals surface area contributed by atoms with Crippen molar-refractivity contribution in [2.24, 2.45) is 0 Å². The number of nitrogens with one attached hydrogen (secondary N) is 2. The van der Waals surface area contributed by atoms with Gasteiger partial charge in [0.1, 0.15) is 23.7 Å². The van der Waals surface area contributed by atoms with Crippen LogP contribution in [0.5, 0.6) is 11.5 Å². The summed E-state index contributed by atoms with van der Waals surface area (Å²) in [5, 5.41) is 12.7. The van der Waals surface area contributed by atoms with Gasteiger partial charge in [0.05, 0.1) is 31.1 Å². The van der Waals surface area contributed by atoms with Crippen molar-refractivity contribution in [2.45, 2.75) is 55.3 Å². The third kappa shape index (κ3) is 5.13. The fourth-order valence-corrected chi connectivity index (χ4v) is 5.51. The number of benzene rings is 2. The summed E-state index contributed by atoms with van der Waals surface area (Å²) in [5.74, 6) is 0.966. The molecule has 4 rings (SSSR count). The Balaban J connectivity index is 1.53. The minimum Gasteiger partial charge on any atom is -0.497 e. The number of aliphatic hydroxyl groups excluding tert-OH is 1. The van der Waals surface area contributed by atoms with Crippen LogP contribution < -0.4 is 19.5 Å². The van der Waals surface area contributed by atoms with Gasteiger partial charge in [-0.05, 0) is 55.3 Å². The Bertz CT molecular complexity index is 1120. The Morgan fingerprint density at radius 3 is 2.65 bits per heavy atom. The van der Waals surface area contributed by atoms with E-state index in [4.69, 9.17) is 14.2 Å². The van der Waals surface area contributed by atoms with Crippen LogP contribution in [-0.4, -0.2) is 58.0 Å². The minimum atomic E-state index is -3.80. The van der Waals surface area contributed by atoms with Gasteiger partial charge < -0.3 is 24.6 Å². The molecule has 4 atom stereocenters. The lowest BCUT2D eigenvalue weighted by Crippen LogP contribution is -2.47. The van der Waals surface area contributed by atoms with Crippen LogP contribution >= 0.6 is 0 Å². The molecule has 2 aliphatic rings. The van der Waals surface area contributed by atoms with Crippen molar-refractivity contribution >= 4 is 21.6 Å². The maximum absolute atomic E-state index is 12.9. The predicted octanol–water partition coefficient (Wildman–Crippen LogP) is 2.41. The third-order valence-corrected chi connectivity index (χ3v) is 7.50. The first kappa shape index (κ1) is 24.3. The Morgan fingerprint density at radius 1 is 1.21 bits per heavy atom. The zero-order valence-corrected chi connectivity index (χ0v) is 20.0. The van der Waals surface area contributed by atoms with Crippen LogP contribution in [0.3, 0.4) is 0 Å². The molecule has 1 saturated heterocycles. The average molecular weight is 491 g/mol. The molecule has 10 heteroatoms. The average Bonchev–Trinajstić information content (AvgIpc) is 3.20. The maximum Gasteiger partial charge on any atom is 0.261 e. The molecule has 0 spiro atoms. The second kappa shape index (κ2) is 10.2. The molecule has 184 valence electrons. The highest BCUT2D eigenvalue weighted by molar-refractivity contribution is 7.92. The normalized spacial score (nSPS) is 23.4. The molecule has 9 nitrogen and oxygen atoms in total. The topological polar surface area (TPSA) is 123 Å². The van der Waals surface area contributed by atoms with E-state index in [0.29, 0.717) is 30.2 Å². The van der Waals surface area contributed by atoms with Crippen molar-refractivity contribution in [2.75, 3.05) is 25.0 Å². The van der Waals surface area contributed by atoms with Crippen LogP contribution in [0.2, 0.25) is 0 Å². The quantitative estimate of drug-likeness (QED) is 0.493. The molecule has 0 unspecified atom stereocenters. The summed E-state index contributed by atoms with van der Waals surface area (Å²) < 4.78 is 45.4. The Hall–Kier alpha value is -2.82. The molecule has 2 aromatic carbocycles. The fourth-order valence-electron chi connectivity index (χ4n) is 4.46. The predicted molar refractivity (Wildman–Crippen MR) is 126 cm³/mol. The number of anilines is 1. The van der Waals surface area contributed by atoms with Gasteiger partial charge in [-0.1, -0.05) is 6.92 Å². The number of methoxy groups -OCH3 is 1. The van der Waals surface area contributed by atoms with E-state index in [-0.39, 0.29) is 35.9 Å². The highest BCUT2D eigenvalue weighted by Crippen LogP contribution is 2.47. The van der Waals surface area contributed by atoms with Crippen molar-refractivity contribution in [3.05, 3.63) is 48.0 Å². The van der Waals surface area contributed by atoms with Gasteiger partial charge in [0.15, 0.2) is 0 Å². The zero-order valence-electron chi connectivity index (χ0n) is 19.2. The van der Waals surface area contributed by atoms with Gasteiger partial charge in [0, 0.05) is 23.7 Å². The lowest BCUT2D eigenvalue weighted by molar-refractivity contribution is -0.142. The number of carbonyl (C=O) groups is 1. The van der Waals surface area contributed by atoms with Crippen molar-refractivity contribution in [3.63, 3.8) is 0 Å². The van der Waals surface area contributed by atoms with Gasteiger partial charge in [-0.3, -0.25) is 9.52 Å². The third-order valence-electron chi connectivity index (χ3n) is 6.11. The van der Waals surface area contributed by atoms with Crippen LogP contribution in [0.25, 0.3) is 0 Å². The van der Waals surface area contributed by atoms with E-state index >= 15 is 0 Å². The first-order valence-electron chi connectivity index (χ1n) is 11.3. The largest absolute Gasteiger partial charge is 0.497 e. The van der Waals surface area contributed by atoms with Crippen molar-refractivity contribution < 1.29 is 32.5 Å². The Labute approximate surface area is 199 Å². The molecule has 0 saturated carbocycles. The van der Waals surface area contributed by atoms with E-state index in [2.05, 4.69) is 10.0 Å². The summed E-state index contributed by atoms with van der Waals surface area (Å²) in [6.45, 7) is 2.35. The number of hydrogen-bond donors (Lipinski definition) is 3. The van der Waals surface area contributed by atoms with E-state index in [9.17, 15) is 18.3 Å². The molecular formula is C24H30N2O7S. The zero-order chi connectivity index (χ0) is 24.3. The number of hydrogen-bond acceptors (Lipinski definition) is 7. The molecule has 2 aliphatic heterocycles. The second-order valence-electron chi connectivity index (χ2n) is 8.49. The first-order chi connectivity index (χ1) is 16.3. The monoisotopic (exact) mass is 490 g/mol. The van der Waals surface area contributed by atoms with Crippen LogP contribution in [0.1, 0.15) is 37.7 Å². The molecule has 1 amide bonds. The number of fused-ring (bicyclic) bond motifs is 3. The van der Waals surface area contributed by atoms with Crippen molar-refractivity contribution in [1.29, 1.82) is 0 Å². The number of rotatable bonds is 9. The van der Waals surface area contributed by atoms with E-state index in [1.807, 2.05) is 6.92 Å². The molecule has 34 heavy (non-hydrogen) atoms. The molecule has 0 bridgehead atoms. The van der Waals surface area contributed by atoms with Gasteiger partial charge in [0.25, 0.3) is 10.0 Å². The molecule has 0 aromatic heterocycles. The van der Waals surface area contributed by atoms with Gasteiger partial charge in [-0.2, -0.15) is 0 Å². The fraction of sp³-hybridized carbons (Fsp3) is 0.458. The number of ether oxygens (including phenoxy) is 3. The highest BCUT2D eigenvalue weighted by atomic mass is 32.2. The van der Waals surface area contributed by atoms with Crippen LogP contribution in [-0.2, 0) is 19.6 Å². The summed E-state index contributed by atoms with van der Waals surface area (Å²) in [4.78, 5) is 12.3. The minimum absolute atomic E-state index is 0.0952. The number of amides is 1. The summed E-state index contributed by atoms with van der Waals surface area (Å²) >= 11 is 0. The second-order valence-corrected chi connectivity index (χ2v) is 10.2. The SMILES string of the molecule is CCCNC(=O)C[C@@H]1C[C@@H]2c3cc(NS(=O)(=O)c4ccc(OC)cc4)ccc3O[C@@H]2[C@H](CO)O1. The molecule has 0 radical (unpaired) electrons. The van der Waals surface area contributed by atoms with Gasteiger partial charge in [-0.25, -0.2) is 8.42 Å². The molecular weight excluding hydrogens is 460 g/mol.